The molecule has 81 heavy (non-hydrogen) atoms. The first-order valence-electron chi connectivity index (χ1n) is 26.1. The zero-order valence-corrected chi connectivity index (χ0v) is 46.5. The van der Waals surface area contributed by atoms with Crippen LogP contribution >= 0.6 is 11.8 Å². The van der Waals surface area contributed by atoms with Gasteiger partial charge in [-0.3, -0.25) is 52.8 Å². The van der Waals surface area contributed by atoms with Crippen LogP contribution in [0.4, 0.5) is 5.69 Å². The number of nitrogens with two attached hydrogens (primary N) is 3. The van der Waals surface area contributed by atoms with E-state index in [1.54, 1.807) is 68.6 Å². The molecule has 0 saturated carbocycles. The number of rotatable bonds is 30. The van der Waals surface area contributed by atoms with Crippen LogP contribution < -0.4 is 54.4 Å². The number of nitrogens with zero attached hydrogens (tertiary/aromatic N) is 2. The zero-order valence-electron chi connectivity index (χ0n) is 45.7. The van der Waals surface area contributed by atoms with Crippen LogP contribution in [0.1, 0.15) is 67.7 Å². The molecule has 0 aliphatic carbocycles. The average Bonchev–Trinajstić information content (AvgIpc) is 4.16. The maximum atomic E-state index is 14.5. The molecule has 0 saturated heterocycles. The van der Waals surface area contributed by atoms with Gasteiger partial charge in [0.15, 0.2) is 0 Å². The summed E-state index contributed by atoms with van der Waals surface area (Å²) in [6, 6.07) is 12.0. The van der Waals surface area contributed by atoms with Gasteiger partial charge in [0.2, 0.25) is 53.2 Å². The van der Waals surface area contributed by atoms with Crippen molar-refractivity contribution < 1.29 is 53.1 Å². The number of imide groups is 1. The summed E-state index contributed by atoms with van der Waals surface area (Å²) >= 11 is 1.45. The molecule has 3 aromatic carbocycles. The van der Waals surface area contributed by atoms with Crippen LogP contribution in [0.25, 0.3) is 10.9 Å². The molecule has 0 bridgehead atoms. The van der Waals surface area contributed by atoms with E-state index in [1.165, 1.54) is 62.4 Å². The van der Waals surface area contributed by atoms with Crippen LogP contribution in [0.5, 0.6) is 0 Å². The number of hydrogen-bond acceptors (Lipinski definition) is 15. The molecule has 0 fully saturated rings. The Balaban J connectivity index is 1.29. The Morgan fingerprint density at radius 3 is 1.93 bits per heavy atom. The predicted molar refractivity (Wildman–Crippen MR) is 303 cm³/mol. The van der Waals surface area contributed by atoms with Crippen LogP contribution in [-0.2, 0) is 62.4 Å². The number of nitrogens with one attached hydrogen (secondary N) is 9. The van der Waals surface area contributed by atoms with E-state index in [0.29, 0.717) is 33.6 Å². The number of H-pyrrole nitrogens is 2. The van der Waals surface area contributed by atoms with Gasteiger partial charge in [-0.2, -0.15) is 11.8 Å². The standard InChI is InChI=1S/C55H72N14O11S/c1-30(2)21-44(69(46(72)25-56)55(80)34-15-17-36(57)18-16-34)53(78)67-42(23-35-26-60-39-14-10-9-13-38(35)39)50(75)63-31(3)49(74)68-47(32(4)70)54(79)61-28-45(71)64-43(24-37-27-59-29-62-37)52(77)66-41(22-33-11-7-6-8-12-33)51(76)65-40(48(58)73)19-20-81-5/h6-18,26-27,29-32,40-44,47,60,70H,19-25,28,56-57H2,1-5H3,(H2,58,73)(H,59,62)(H,61,79)(H,63,75)(H,64,71)(H,65,76)(H,66,77)(H,67,78)(H,68,74)/t31-,32+,40-,41-,42-,43-,44-,47-/m0/s1. The van der Waals surface area contributed by atoms with Gasteiger partial charge in [0.05, 0.1) is 25.5 Å². The zero-order chi connectivity index (χ0) is 59.3. The minimum atomic E-state index is -1.70. The van der Waals surface area contributed by atoms with Gasteiger partial charge in [-0.15, -0.1) is 0 Å². The SMILES string of the molecule is CSCC[C@H](NC(=O)[C@H](Cc1ccccc1)NC(=O)[C@H](Cc1cnc[nH]1)NC(=O)CNC(=O)[C@@H](NC(=O)[C@H](C)NC(=O)[C@H](Cc1c[nH]c2ccccc12)NC(=O)[C@H](CC(C)C)N(C(=O)CN)C(=O)c1ccc(N)cc1)[C@@H](C)O)C(N)=O. The average molecular weight is 1140 g/mol. The number of aliphatic hydroxyl groups excluding tert-OH is 1. The number of aliphatic hydroxyl groups is 1. The highest BCUT2D eigenvalue weighted by molar-refractivity contribution is 7.98. The molecule has 2 aromatic heterocycles. The fourth-order valence-corrected chi connectivity index (χ4v) is 9.07. The van der Waals surface area contributed by atoms with Crippen LogP contribution in [-0.4, -0.2) is 158 Å². The molecule has 26 heteroatoms. The van der Waals surface area contributed by atoms with E-state index in [0.717, 1.165) is 10.4 Å². The molecule has 5 rings (SSSR count). The monoisotopic (exact) mass is 1140 g/mol. The van der Waals surface area contributed by atoms with Crippen molar-refractivity contribution in [2.45, 2.75) is 108 Å². The first kappa shape index (κ1) is 63.2. The van der Waals surface area contributed by atoms with Crippen molar-refractivity contribution in [3.05, 3.63) is 120 Å². The first-order valence-corrected chi connectivity index (χ1v) is 27.5. The molecule has 0 aliphatic heterocycles. The van der Waals surface area contributed by atoms with Crippen molar-refractivity contribution >= 4 is 87.4 Å². The van der Waals surface area contributed by atoms with E-state index in [4.69, 9.17) is 17.2 Å². The number of para-hydroxylation sites is 1. The number of primary amides is 1. The number of imidazole rings is 1. The number of anilines is 1. The summed E-state index contributed by atoms with van der Waals surface area (Å²) in [6.07, 6.45) is 4.60. The number of thioether (sulfide) groups is 1. The van der Waals surface area contributed by atoms with Crippen LogP contribution in [0, 0.1) is 5.92 Å². The Morgan fingerprint density at radius 1 is 0.691 bits per heavy atom. The number of hydrogen-bond donors (Lipinski definition) is 13. The molecule has 8 atom stereocenters. The lowest BCUT2D eigenvalue weighted by molar-refractivity contribution is -0.139. The van der Waals surface area contributed by atoms with E-state index in [1.807, 2.05) is 12.3 Å². The van der Waals surface area contributed by atoms with Gasteiger partial charge in [0.1, 0.15) is 42.3 Å². The minimum Gasteiger partial charge on any atom is -0.399 e. The highest BCUT2D eigenvalue weighted by Crippen LogP contribution is 2.22. The highest BCUT2D eigenvalue weighted by atomic mass is 32.2. The lowest BCUT2D eigenvalue weighted by Crippen LogP contribution is -2.61. The number of amides is 10. The van der Waals surface area contributed by atoms with Crippen LogP contribution in [0.15, 0.2) is 97.6 Å². The van der Waals surface area contributed by atoms with E-state index in [2.05, 4.69) is 52.2 Å². The molecule has 0 spiro atoms. The molecule has 25 nitrogen and oxygen atoms in total. The Bertz CT molecular complexity index is 2970. The van der Waals surface area contributed by atoms with Crippen LogP contribution in [0.3, 0.4) is 0 Å². The summed E-state index contributed by atoms with van der Waals surface area (Å²) in [7, 11) is 0. The third-order valence-electron chi connectivity index (χ3n) is 12.9. The van der Waals surface area contributed by atoms with Gasteiger partial charge in [0, 0.05) is 59.5 Å². The molecular formula is C55H72N14O11S. The van der Waals surface area contributed by atoms with E-state index >= 15 is 0 Å². The molecule has 0 aliphatic rings. The topological polar surface area (TPSA) is 401 Å². The van der Waals surface area contributed by atoms with E-state index in [-0.39, 0.29) is 43.6 Å². The van der Waals surface area contributed by atoms with Crippen molar-refractivity contribution in [2.24, 2.45) is 17.4 Å². The second kappa shape index (κ2) is 30.7. The molecular weight excluding hydrogens is 1060 g/mol. The van der Waals surface area contributed by atoms with Crippen molar-refractivity contribution in [1.82, 2.24) is 57.1 Å². The highest BCUT2D eigenvalue weighted by Gasteiger charge is 2.38. The predicted octanol–water partition coefficient (Wildman–Crippen LogP) is -0.792. The van der Waals surface area contributed by atoms with Crippen molar-refractivity contribution in [3.63, 3.8) is 0 Å². The van der Waals surface area contributed by atoms with E-state index in [9.17, 15) is 53.1 Å². The quantitative estimate of drug-likeness (QED) is 0.0251. The summed E-state index contributed by atoms with van der Waals surface area (Å²) in [5.41, 5.74) is 20.0. The Hall–Kier alpha value is -8.62. The first-order chi connectivity index (χ1) is 38.6. The maximum absolute atomic E-state index is 14.5. The van der Waals surface area contributed by atoms with Gasteiger partial charge in [0.25, 0.3) is 5.91 Å². The summed E-state index contributed by atoms with van der Waals surface area (Å²) in [5, 5.41) is 29.3. The Labute approximate surface area is 472 Å². The summed E-state index contributed by atoms with van der Waals surface area (Å²) in [5.74, 6) is -8.34. The second-order valence-corrected chi connectivity index (χ2v) is 20.7. The summed E-state index contributed by atoms with van der Waals surface area (Å²) < 4.78 is 0. The van der Waals surface area contributed by atoms with Gasteiger partial charge in [-0.25, -0.2) is 4.98 Å². The fraction of sp³-hybridized carbons (Fsp3) is 0.400. The summed E-state index contributed by atoms with van der Waals surface area (Å²) in [6.45, 7) is 4.65. The molecule has 5 aromatic rings. The third kappa shape index (κ3) is 18.7. The molecule has 10 amide bonds. The van der Waals surface area contributed by atoms with Gasteiger partial charge in [-0.1, -0.05) is 62.4 Å². The largest absolute Gasteiger partial charge is 0.399 e. The fourth-order valence-electron chi connectivity index (χ4n) is 8.60. The van der Waals surface area contributed by atoms with Crippen molar-refractivity contribution in [2.75, 3.05) is 30.8 Å². The number of aromatic nitrogens is 3. The van der Waals surface area contributed by atoms with Gasteiger partial charge >= 0.3 is 0 Å². The Morgan fingerprint density at radius 2 is 1.31 bits per heavy atom. The molecule has 0 radical (unpaired) electrons. The number of benzene rings is 3. The molecule has 434 valence electrons. The number of aromatic amines is 2. The van der Waals surface area contributed by atoms with Gasteiger partial charge < -0.3 is 69.5 Å². The van der Waals surface area contributed by atoms with Gasteiger partial charge in [-0.05, 0) is 86.1 Å². The second-order valence-electron chi connectivity index (χ2n) is 19.7. The smallest absolute Gasteiger partial charge is 0.261 e. The molecule has 16 N–H and O–H groups in total. The summed E-state index contributed by atoms with van der Waals surface area (Å²) in [4.78, 5) is 148. The molecule has 2 heterocycles. The number of carbonyl (C=O) groups is 10. The maximum Gasteiger partial charge on any atom is 0.261 e. The Kier molecular flexibility index (Phi) is 23.9. The number of nitrogen functional groups attached to an aromatic ring is 1. The number of fused-ring (bicyclic) bond motifs is 1. The third-order valence-corrected chi connectivity index (χ3v) is 13.6. The number of carbonyl (C=O) groups excluding carboxylic acids is 10. The van der Waals surface area contributed by atoms with Crippen molar-refractivity contribution in [3.8, 4) is 0 Å². The lowest BCUT2D eigenvalue weighted by atomic mass is 9.98. The van der Waals surface area contributed by atoms with Crippen molar-refractivity contribution in [1.29, 1.82) is 0 Å². The normalized spacial score (nSPS) is 14.1. The van der Waals surface area contributed by atoms with E-state index < -0.39 is 121 Å². The molecule has 0 unspecified atom stereocenters. The van der Waals surface area contributed by atoms with Crippen LogP contribution in [0.2, 0.25) is 0 Å². The lowest BCUT2D eigenvalue weighted by Gasteiger charge is -2.32. The minimum absolute atomic E-state index is 0.00356.